The third kappa shape index (κ3) is 1.43. The van der Waals surface area contributed by atoms with Crippen LogP contribution in [0.3, 0.4) is 0 Å². The zero-order valence-electron chi connectivity index (χ0n) is 10.8. The van der Waals surface area contributed by atoms with Crippen LogP contribution in [0.1, 0.15) is 26.2 Å². The molecule has 0 radical (unpaired) electrons. The van der Waals surface area contributed by atoms with Gasteiger partial charge in [0, 0.05) is 5.57 Å². The van der Waals surface area contributed by atoms with E-state index in [-0.39, 0.29) is 5.97 Å². The smallest absolute Gasteiger partial charge is 0.333 e. The van der Waals surface area contributed by atoms with Gasteiger partial charge in [-0.3, -0.25) is 0 Å². The summed E-state index contributed by atoms with van der Waals surface area (Å²) in [7, 11) is 0. The first-order chi connectivity index (χ1) is 8.65. The Bertz CT molecular complexity index is 416. The Labute approximate surface area is 108 Å². The fourth-order valence-corrected chi connectivity index (χ4v) is 4.97. The number of ether oxygens (including phenoxy) is 2. The molecule has 0 N–H and O–H groups in total. The molecule has 1 aliphatic heterocycles. The lowest BCUT2D eigenvalue weighted by Gasteiger charge is -2.32. The monoisotopic (exact) mass is 248 g/mol. The topological polar surface area (TPSA) is 38.8 Å². The van der Waals surface area contributed by atoms with Crippen LogP contribution >= 0.6 is 0 Å². The van der Waals surface area contributed by atoms with Crippen molar-refractivity contribution in [2.45, 2.75) is 38.4 Å². The highest BCUT2D eigenvalue weighted by Gasteiger charge is 2.66. The van der Waals surface area contributed by atoms with Gasteiger partial charge >= 0.3 is 5.97 Å². The average Bonchev–Trinajstić information content (AvgIpc) is 2.76. The summed E-state index contributed by atoms with van der Waals surface area (Å²) in [5.41, 5.74) is 0.506. The van der Waals surface area contributed by atoms with Gasteiger partial charge in [0.1, 0.15) is 0 Å². The number of esters is 1. The molecule has 3 aliphatic carbocycles. The molecule has 3 heteroatoms. The minimum Gasteiger partial charge on any atom is -0.462 e. The molecular weight excluding hydrogens is 228 g/mol. The maximum absolute atomic E-state index is 11.5. The van der Waals surface area contributed by atoms with Gasteiger partial charge in [-0.05, 0) is 55.8 Å². The molecule has 4 aliphatic rings. The molecule has 1 heterocycles. The highest BCUT2D eigenvalue weighted by atomic mass is 16.6. The van der Waals surface area contributed by atoms with Gasteiger partial charge in [0.25, 0.3) is 0 Å². The fraction of sp³-hybridized carbons (Fsp3) is 0.800. The van der Waals surface area contributed by atoms with Crippen molar-refractivity contribution in [1.29, 1.82) is 0 Å². The number of fused-ring (bicyclic) bond motifs is 7. The van der Waals surface area contributed by atoms with Crippen LogP contribution in [0.2, 0.25) is 0 Å². The maximum Gasteiger partial charge on any atom is 0.333 e. The molecule has 7 unspecified atom stereocenters. The third-order valence-electron chi connectivity index (χ3n) is 5.66. The van der Waals surface area contributed by atoms with Gasteiger partial charge in [0.15, 0.2) is 0 Å². The van der Waals surface area contributed by atoms with Gasteiger partial charge in [0.05, 0.1) is 18.8 Å². The van der Waals surface area contributed by atoms with E-state index in [0.717, 1.165) is 23.7 Å². The number of hydrogen-bond acceptors (Lipinski definition) is 3. The first-order valence-corrected chi connectivity index (χ1v) is 7.13. The predicted molar refractivity (Wildman–Crippen MR) is 65.7 cm³/mol. The lowest BCUT2D eigenvalue weighted by Crippen LogP contribution is -2.31. The summed E-state index contributed by atoms with van der Waals surface area (Å²) in [6.45, 7) is 5.94. The van der Waals surface area contributed by atoms with Crippen molar-refractivity contribution in [2.75, 3.05) is 6.61 Å². The average molecular weight is 248 g/mol. The Kier molecular flexibility index (Phi) is 2.20. The van der Waals surface area contributed by atoms with Crippen LogP contribution in [0, 0.1) is 29.6 Å². The van der Waals surface area contributed by atoms with E-state index in [1.54, 1.807) is 6.92 Å². The Hall–Kier alpha value is -0.830. The summed E-state index contributed by atoms with van der Waals surface area (Å²) < 4.78 is 11.0. The standard InChI is InChI=1S/C15H20O3/c1-7(2)15(16)17-6-9-3-8-4-10(9)11-5-12-14(18-12)13(8)11/h8-14H,1,3-6H2,2H3. The first kappa shape index (κ1) is 11.0. The molecule has 0 aromatic heterocycles. The van der Waals surface area contributed by atoms with Crippen molar-refractivity contribution in [1.82, 2.24) is 0 Å². The molecule has 0 aromatic rings. The number of carbonyl (C=O) groups is 1. The summed E-state index contributed by atoms with van der Waals surface area (Å²) in [6, 6.07) is 0. The molecule has 0 spiro atoms. The van der Waals surface area contributed by atoms with E-state index in [4.69, 9.17) is 9.47 Å². The zero-order valence-corrected chi connectivity index (χ0v) is 10.8. The van der Waals surface area contributed by atoms with Crippen molar-refractivity contribution in [2.24, 2.45) is 29.6 Å². The van der Waals surface area contributed by atoms with Gasteiger partial charge in [-0.15, -0.1) is 0 Å². The quantitative estimate of drug-likeness (QED) is 0.436. The number of epoxide rings is 1. The molecule has 1 saturated heterocycles. The second kappa shape index (κ2) is 3.60. The van der Waals surface area contributed by atoms with E-state index >= 15 is 0 Å². The molecule has 0 amide bonds. The highest BCUT2D eigenvalue weighted by molar-refractivity contribution is 5.86. The fourth-order valence-electron chi connectivity index (χ4n) is 4.97. The molecule has 7 atom stereocenters. The van der Waals surface area contributed by atoms with E-state index in [2.05, 4.69) is 6.58 Å². The van der Waals surface area contributed by atoms with Crippen LogP contribution < -0.4 is 0 Å². The summed E-state index contributed by atoms with van der Waals surface area (Å²) in [5.74, 6) is 3.69. The largest absolute Gasteiger partial charge is 0.462 e. The van der Waals surface area contributed by atoms with E-state index in [0.29, 0.717) is 30.3 Å². The molecule has 0 aromatic carbocycles. The Morgan fingerprint density at radius 2 is 2.17 bits per heavy atom. The first-order valence-electron chi connectivity index (χ1n) is 7.13. The van der Waals surface area contributed by atoms with Gasteiger partial charge in [-0.25, -0.2) is 4.79 Å². The summed E-state index contributed by atoms with van der Waals surface area (Å²) in [6.07, 6.45) is 5.03. The minimum absolute atomic E-state index is 0.230. The number of hydrogen-bond donors (Lipinski definition) is 0. The second-order valence-electron chi connectivity index (χ2n) is 6.65. The van der Waals surface area contributed by atoms with Crippen molar-refractivity contribution >= 4 is 5.97 Å². The summed E-state index contributed by atoms with van der Waals surface area (Å²) in [5, 5.41) is 0. The predicted octanol–water partition coefficient (Wildman–Crippen LogP) is 2.17. The maximum atomic E-state index is 11.5. The van der Waals surface area contributed by atoms with Gasteiger partial charge in [-0.2, -0.15) is 0 Å². The molecule has 4 rings (SSSR count). The molecule has 98 valence electrons. The molecular formula is C15H20O3. The van der Waals surface area contributed by atoms with Crippen molar-refractivity contribution < 1.29 is 14.3 Å². The van der Waals surface area contributed by atoms with Crippen LogP contribution in [-0.2, 0) is 14.3 Å². The van der Waals surface area contributed by atoms with Crippen molar-refractivity contribution in [3.63, 3.8) is 0 Å². The molecule has 3 nitrogen and oxygen atoms in total. The van der Waals surface area contributed by atoms with E-state index < -0.39 is 0 Å². The van der Waals surface area contributed by atoms with Gasteiger partial charge < -0.3 is 9.47 Å². The van der Waals surface area contributed by atoms with Crippen LogP contribution in [0.4, 0.5) is 0 Å². The Morgan fingerprint density at radius 3 is 2.94 bits per heavy atom. The number of rotatable bonds is 3. The van der Waals surface area contributed by atoms with Crippen LogP contribution in [0.25, 0.3) is 0 Å². The zero-order chi connectivity index (χ0) is 12.4. The van der Waals surface area contributed by atoms with E-state index in [9.17, 15) is 4.79 Å². The molecule has 2 bridgehead atoms. The van der Waals surface area contributed by atoms with Crippen LogP contribution in [-0.4, -0.2) is 24.8 Å². The lowest BCUT2D eigenvalue weighted by molar-refractivity contribution is -0.141. The lowest BCUT2D eigenvalue weighted by atomic mass is 9.75. The Balaban J connectivity index is 1.39. The second-order valence-corrected chi connectivity index (χ2v) is 6.65. The third-order valence-corrected chi connectivity index (χ3v) is 5.66. The highest BCUT2D eigenvalue weighted by Crippen LogP contribution is 2.65. The molecule has 18 heavy (non-hydrogen) atoms. The van der Waals surface area contributed by atoms with Crippen molar-refractivity contribution in [3.05, 3.63) is 12.2 Å². The van der Waals surface area contributed by atoms with Gasteiger partial charge in [0.2, 0.25) is 0 Å². The summed E-state index contributed by atoms with van der Waals surface area (Å²) >= 11 is 0. The SMILES string of the molecule is C=C(C)C(=O)OCC1CC2CC1C1CC3OC3C21. The molecule has 3 saturated carbocycles. The van der Waals surface area contributed by atoms with Crippen LogP contribution in [0.15, 0.2) is 12.2 Å². The minimum atomic E-state index is -0.230. The molecule has 4 fully saturated rings. The van der Waals surface area contributed by atoms with E-state index in [1.807, 2.05) is 0 Å². The van der Waals surface area contributed by atoms with Crippen LogP contribution in [0.5, 0.6) is 0 Å². The van der Waals surface area contributed by atoms with Gasteiger partial charge in [-0.1, -0.05) is 6.58 Å². The van der Waals surface area contributed by atoms with E-state index in [1.165, 1.54) is 19.3 Å². The summed E-state index contributed by atoms with van der Waals surface area (Å²) in [4.78, 5) is 11.5. The van der Waals surface area contributed by atoms with Crippen molar-refractivity contribution in [3.8, 4) is 0 Å². The number of carbonyl (C=O) groups excluding carboxylic acids is 1. The Morgan fingerprint density at radius 1 is 1.33 bits per heavy atom. The normalized spacial score (nSPS) is 50.8.